The number of aromatic amines is 1. The van der Waals surface area contributed by atoms with E-state index in [-0.39, 0.29) is 11.7 Å². The number of aromatic nitrogens is 2. The fourth-order valence-corrected chi connectivity index (χ4v) is 3.65. The van der Waals surface area contributed by atoms with E-state index >= 15 is 0 Å². The summed E-state index contributed by atoms with van der Waals surface area (Å²) in [6.07, 6.45) is 2.31. The van der Waals surface area contributed by atoms with Gasteiger partial charge in [-0.25, -0.2) is 8.42 Å². The van der Waals surface area contributed by atoms with Crippen molar-refractivity contribution in [3.63, 3.8) is 0 Å². The second-order valence-electron chi connectivity index (χ2n) is 5.57. The highest BCUT2D eigenvalue weighted by atomic mass is 32.2. The van der Waals surface area contributed by atoms with Gasteiger partial charge in [0.2, 0.25) is 10.0 Å². The number of piperazine rings is 1. The Morgan fingerprint density at radius 2 is 2.00 bits per heavy atom. The van der Waals surface area contributed by atoms with Crippen LogP contribution >= 0.6 is 0 Å². The van der Waals surface area contributed by atoms with E-state index in [0.717, 1.165) is 18.5 Å². The number of carbonyl (C=O) groups is 1. The van der Waals surface area contributed by atoms with E-state index in [1.807, 2.05) is 6.07 Å². The topological polar surface area (TPSA) is 86.4 Å². The van der Waals surface area contributed by atoms with E-state index in [9.17, 15) is 13.2 Å². The third-order valence-corrected chi connectivity index (χ3v) is 6.00. The molecule has 2 aliphatic rings. The molecule has 1 amide bonds. The summed E-state index contributed by atoms with van der Waals surface area (Å²) in [6, 6.07) is 1.83. The van der Waals surface area contributed by atoms with Gasteiger partial charge >= 0.3 is 0 Å². The number of rotatable bonds is 4. The third kappa shape index (κ3) is 2.96. The Hall–Kier alpha value is -1.41. The van der Waals surface area contributed by atoms with Gasteiger partial charge in [0.05, 0.1) is 5.75 Å². The fraction of sp³-hybridized carbons (Fsp3) is 0.692. The number of carbonyl (C=O) groups excluding carboxylic acids is 1. The molecule has 0 spiro atoms. The summed E-state index contributed by atoms with van der Waals surface area (Å²) in [7, 11) is -3.16. The van der Waals surface area contributed by atoms with Crippen molar-refractivity contribution in [1.29, 1.82) is 0 Å². The number of nitrogens with one attached hydrogen (secondary N) is 1. The van der Waals surface area contributed by atoms with Crippen LogP contribution in [0.2, 0.25) is 0 Å². The Labute approximate surface area is 124 Å². The molecule has 2 fully saturated rings. The van der Waals surface area contributed by atoms with Crippen molar-refractivity contribution in [2.24, 2.45) is 0 Å². The molecule has 0 unspecified atom stereocenters. The number of hydrogen-bond donors (Lipinski definition) is 1. The van der Waals surface area contributed by atoms with Gasteiger partial charge in [-0.05, 0) is 25.8 Å². The first-order chi connectivity index (χ1) is 10.0. The van der Waals surface area contributed by atoms with E-state index in [1.165, 1.54) is 4.31 Å². The monoisotopic (exact) mass is 312 g/mol. The Kier molecular flexibility index (Phi) is 3.75. The SMILES string of the molecule is CCS(=O)(=O)N1CCN(C(=O)c2cc(C3CC3)[nH]n2)CC1. The largest absolute Gasteiger partial charge is 0.335 e. The Balaban J connectivity index is 1.62. The zero-order chi connectivity index (χ0) is 15.0. The average Bonchev–Trinajstić information content (AvgIpc) is 3.24. The predicted octanol–water partition coefficient (Wildman–Crippen LogP) is 0.395. The highest BCUT2D eigenvalue weighted by Crippen LogP contribution is 2.39. The van der Waals surface area contributed by atoms with Gasteiger partial charge in [-0.1, -0.05) is 0 Å². The van der Waals surface area contributed by atoms with Crippen LogP contribution in [0.4, 0.5) is 0 Å². The first-order valence-corrected chi connectivity index (χ1v) is 8.94. The minimum absolute atomic E-state index is 0.102. The summed E-state index contributed by atoms with van der Waals surface area (Å²) < 4.78 is 25.0. The minimum atomic E-state index is -3.16. The van der Waals surface area contributed by atoms with Crippen LogP contribution in [-0.2, 0) is 10.0 Å². The van der Waals surface area contributed by atoms with Gasteiger partial charge in [0.1, 0.15) is 5.69 Å². The molecular weight excluding hydrogens is 292 g/mol. The molecule has 1 saturated carbocycles. The summed E-state index contributed by atoms with van der Waals surface area (Å²) in [5, 5.41) is 7.01. The standard InChI is InChI=1S/C13H20N4O3S/c1-2-21(19,20)17-7-5-16(6-8-17)13(18)12-9-11(14-15-12)10-3-4-10/h9-10H,2-8H2,1H3,(H,14,15). The fourth-order valence-electron chi connectivity index (χ4n) is 2.56. The van der Waals surface area contributed by atoms with Crippen LogP contribution in [0.3, 0.4) is 0 Å². The van der Waals surface area contributed by atoms with Gasteiger partial charge in [0.15, 0.2) is 0 Å². The molecule has 1 saturated heterocycles. The van der Waals surface area contributed by atoms with Crippen molar-refractivity contribution >= 4 is 15.9 Å². The molecule has 2 heterocycles. The maximum atomic E-state index is 12.4. The van der Waals surface area contributed by atoms with E-state index in [1.54, 1.807) is 11.8 Å². The van der Waals surface area contributed by atoms with E-state index in [2.05, 4.69) is 10.2 Å². The zero-order valence-corrected chi connectivity index (χ0v) is 12.9. The van der Waals surface area contributed by atoms with E-state index < -0.39 is 10.0 Å². The Bertz CT molecular complexity index is 628. The van der Waals surface area contributed by atoms with Gasteiger partial charge in [0, 0.05) is 37.8 Å². The van der Waals surface area contributed by atoms with Crippen molar-refractivity contribution in [1.82, 2.24) is 19.4 Å². The second kappa shape index (κ2) is 5.42. The second-order valence-corrected chi connectivity index (χ2v) is 7.83. The molecular formula is C13H20N4O3S. The maximum absolute atomic E-state index is 12.4. The molecule has 21 heavy (non-hydrogen) atoms. The summed E-state index contributed by atoms with van der Waals surface area (Å²) >= 11 is 0. The van der Waals surface area contributed by atoms with Gasteiger partial charge in [-0.2, -0.15) is 9.40 Å². The molecule has 3 rings (SSSR count). The van der Waals surface area contributed by atoms with Crippen molar-refractivity contribution in [2.45, 2.75) is 25.7 Å². The molecule has 116 valence electrons. The molecule has 1 aromatic rings. The van der Waals surface area contributed by atoms with Crippen molar-refractivity contribution in [3.8, 4) is 0 Å². The molecule has 0 atom stereocenters. The van der Waals surface area contributed by atoms with Crippen molar-refractivity contribution in [2.75, 3.05) is 31.9 Å². The van der Waals surface area contributed by atoms with Gasteiger partial charge in [-0.15, -0.1) is 0 Å². The zero-order valence-electron chi connectivity index (χ0n) is 12.1. The lowest BCUT2D eigenvalue weighted by Gasteiger charge is -2.33. The quantitative estimate of drug-likeness (QED) is 0.871. The lowest BCUT2D eigenvalue weighted by atomic mass is 10.2. The lowest BCUT2D eigenvalue weighted by Crippen LogP contribution is -2.50. The molecule has 8 heteroatoms. The van der Waals surface area contributed by atoms with Crippen LogP contribution in [0.1, 0.15) is 41.9 Å². The Morgan fingerprint density at radius 1 is 1.33 bits per heavy atom. The van der Waals surface area contributed by atoms with Crippen LogP contribution in [-0.4, -0.2) is 65.7 Å². The first-order valence-electron chi connectivity index (χ1n) is 7.33. The molecule has 1 aliphatic heterocycles. The molecule has 1 aromatic heterocycles. The van der Waals surface area contributed by atoms with Crippen LogP contribution in [0.15, 0.2) is 6.07 Å². The predicted molar refractivity (Wildman–Crippen MR) is 77.5 cm³/mol. The van der Waals surface area contributed by atoms with E-state index in [0.29, 0.717) is 37.8 Å². The molecule has 1 aliphatic carbocycles. The number of sulfonamides is 1. The maximum Gasteiger partial charge on any atom is 0.274 e. The van der Waals surface area contributed by atoms with Gasteiger partial charge < -0.3 is 4.90 Å². The van der Waals surface area contributed by atoms with E-state index in [4.69, 9.17) is 0 Å². The van der Waals surface area contributed by atoms with Crippen LogP contribution in [0, 0.1) is 0 Å². The van der Waals surface area contributed by atoms with Gasteiger partial charge in [-0.3, -0.25) is 9.89 Å². The van der Waals surface area contributed by atoms with Gasteiger partial charge in [0.25, 0.3) is 5.91 Å². The molecule has 1 N–H and O–H groups in total. The van der Waals surface area contributed by atoms with Crippen molar-refractivity contribution in [3.05, 3.63) is 17.5 Å². The summed E-state index contributed by atoms with van der Waals surface area (Å²) in [4.78, 5) is 14.0. The highest BCUT2D eigenvalue weighted by molar-refractivity contribution is 7.89. The molecule has 7 nitrogen and oxygen atoms in total. The normalized spacial score (nSPS) is 20.7. The number of nitrogens with zero attached hydrogens (tertiary/aromatic N) is 3. The number of amides is 1. The highest BCUT2D eigenvalue weighted by Gasteiger charge is 2.30. The molecule has 0 aromatic carbocycles. The average molecular weight is 312 g/mol. The smallest absolute Gasteiger partial charge is 0.274 e. The molecule has 0 bridgehead atoms. The first kappa shape index (κ1) is 14.5. The number of hydrogen-bond acceptors (Lipinski definition) is 4. The van der Waals surface area contributed by atoms with Crippen LogP contribution in [0.25, 0.3) is 0 Å². The van der Waals surface area contributed by atoms with Crippen molar-refractivity contribution < 1.29 is 13.2 Å². The lowest BCUT2D eigenvalue weighted by molar-refractivity contribution is 0.0692. The minimum Gasteiger partial charge on any atom is -0.335 e. The van der Waals surface area contributed by atoms with Crippen LogP contribution < -0.4 is 0 Å². The summed E-state index contributed by atoms with van der Waals surface area (Å²) in [5.41, 5.74) is 1.47. The van der Waals surface area contributed by atoms with Crippen LogP contribution in [0.5, 0.6) is 0 Å². The summed E-state index contributed by atoms with van der Waals surface area (Å²) in [5.74, 6) is 0.516. The third-order valence-electron chi connectivity index (χ3n) is 4.12. The Morgan fingerprint density at radius 3 is 2.57 bits per heavy atom. The summed E-state index contributed by atoms with van der Waals surface area (Å²) in [6.45, 7) is 3.20. The number of H-pyrrole nitrogens is 1. The molecule has 0 radical (unpaired) electrons.